The Bertz CT molecular complexity index is 1090. The molecule has 0 fully saturated rings. The van der Waals surface area contributed by atoms with Crippen LogP contribution < -0.4 is 10.1 Å². The highest BCUT2D eigenvalue weighted by Crippen LogP contribution is 2.37. The largest absolute Gasteiger partial charge is 0.483 e. The first-order chi connectivity index (χ1) is 14.7. The number of carbonyl (C=O) groups excluding carboxylic acids is 2. The quantitative estimate of drug-likeness (QED) is 0.665. The topological polar surface area (TPSA) is 58.6 Å². The fourth-order valence-corrected chi connectivity index (χ4v) is 4.97. The van der Waals surface area contributed by atoms with Crippen molar-refractivity contribution in [2.75, 3.05) is 11.9 Å². The monoisotopic (exact) mass is 418 g/mol. The molecule has 1 aliphatic carbocycles. The molecule has 0 spiro atoms. The van der Waals surface area contributed by atoms with Gasteiger partial charge < -0.3 is 15.0 Å². The molecule has 0 radical (unpaired) electrons. The number of aryl methyl sites for hydroxylation is 1. The van der Waals surface area contributed by atoms with Crippen molar-refractivity contribution < 1.29 is 14.3 Å². The van der Waals surface area contributed by atoms with Gasteiger partial charge >= 0.3 is 0 Å². The molecule has 1 aromatic heterocycles. The number of nitrogens with one attached hydrogen (secondary N) is 1. The van der Waals surface area contributed by atoms with Gasteiger partial charge in [0, 0.05) is 11.3 Å². The Labute approximate surface area is 179 Å². The molecule has 0 saturated carbocycles. The second kappa shape index (κ2) is 7.95. The first-order valence-electron chi connectivity index (χ1n) is 10.2. The summed E-state index contributed by atoms with van der Waals surface area (Å²) in [5.74, 6) is 0.565. The van der Waals surface area contributed by atoms with Crippen molar-refractivity contribution in [3.63, 3.8) is 0 Å². The highest BCUT2D eigenvalue weighted by molar-refractivity contribution is 7.12. The maximum absolute atomic E-state index is 12.9. The van der Waals surface area contributed by atoms with Gasteiger partial charge in [-0.1, -0.05) is 30.3 Å². The number of anilines is 1. The molecule has 3 aromatic rings. The molecule has 0 bridgehead atoms. The third kappa shape index (κ3) is 3.59. The number of thiophene rings is 1. The molecule has 1 N–H and O–H groups in total. The van der Waals surface area contributed by atoms with E-state index in [0.717, 1.165) is 24.8 Å². The number of rotatable bonds is 3. The number of amides is 2. The number of fused-ring (bicyclic) bond motifs is 2. The van der Waals surface area contributed by atoms with E-state index in [0.29, 0.717) is 22.9 Å². The van der Waals surface area contributed by atoms with Crippen LogP contribution in [0.4, 0.5) is 5.69 Å². The van der Waals surface area contributed by atoms with E-state index in [2.05, 4.69) is 23.5 Å². The van der Waals surface area contributed by atoms with Gasteiger partial charge in [-0.05, 0) is 60.0 Å². The summed E-state index contributed by atoms with van der Waals surface area (Å²) in [6.07, 6.45) is 3.07. The minimum atomic E-state index is -0.131. The Kier molecular flexibility index (Phi) is 5.01. The maximum atomic E-state index is 12.9. The highest BCUT2D eigenvalue weighted by Gasteiger charge is 2.32. The SMILES string of the molecule is O=C(Nc1ccc2c(c1)CN(C1CCCc3ccccc31)C(=O)CO2)c1cccs1. The van der Waals surface area contributed by atoms with Crippen LogP contribution in [0.2, 0.25) is 0 Å². The van der Waals surface area contributed by atoms with Crippen LogP contribution in [-0.4, -0.2) is 23.3 Å². The van der Waals surface area contributed by atoms with Crippen molar-refractivity contribution in [2.45, 2.75) is 31.8 Å². The summed E-state index contributed by atoms with van der Waals surface area (Å²) in [6.45, 7) is 0.502. The van der Waals surface area contributed by atoms with Crippen molar-refractivity contribution in [1.29, 1.82) is 0 Å². The zero-order chi connectivity index (χ0) is 20.5. The van der Waals surface area contributed by atoms with Gasteiger partial charge in [-0.25, -0.2) is 0 Å². The third-order valence-electron chi connectivity index (χ3n) is 5.79. The number of hydrogen-bond donors (Lipinski definition) is 1. The summed E-state index contributed by atoms with van der Waals surface area (Å²) in [6, 6.07) is 17.7. The Morgan fingerprint density at radius 2 is 2.00 bits per heavy atom. The minimum Gasteiger partial charge on any atom is -0.483 e. The van der Waals surface area contributed by atoms with Gasteiger partial charge in [0.25, 0.3) is 11.8 Å². The first kappa shape index (κ1) is 18.9. The summed E-state index contributed by atoms with van der Waals surface area (Å²) >= 11 is 1.41. The fraction of sp³-hybridized carbons (Fsp3) is 0.250. The molecule has 6 heteroatoms. The van der Waals surface area contributed by atoms with E-state index in [-0.39, 0.29) is 24.5 Å². The van der Waals surface area contributed by atoms with Crippen LogP contribution in [0.5, 0.6) is 5.75 Å². The van der Waals surface area contributed by atoms with Crippen molar-refractivity contribution in [2.24, 2.45) is 0 Å². The van der Waals surface area contributed by atoms with Crippen molar-refractivity contribution in [1.82, 2.24) is 4.90 Å². The van der Waals surface area contributed by atoms with Gasteiger partial charge in [0.1, 0.15) is 5.75 Å². The van der Waals surface area contributed by atoms with Crippen LogP contribution in [0.15, 0.2) is 60.0 Å². The molecule has 2 heterocycles. The Morgan fingerprint density at radius 3 is 2.87 bits per heavy atom. The molecule has 0 saturated heterocycles. The van der Waals surface area contributed by atoms with Crippen LogP contribution in [0.1, 0.15) is 45.2 Å². The standard InChI is InChI=1S/C24H22N2O3S/c27-23-15-29-21-11-10-18(25-24(28)22-9-4-12-30-22)13-17(21)14-26(23)20-8-3-6-16-5-1-2-7-19(16)20/h1-2,4-5,7,9-13,20H,3,6,8,14-15H2,(H,25,28). The first-order valence-corrected chi connectivity index (χ1v) is 11.0. The molecule has 2 amide bonds. The highest BCUT2D eigenvalue weighted by atomic mass is 32.1. The third-order valence-corrected chi connectivity index (χ3v) is 6.66. The van der Waals surface area contributed by atoms with Crippen LogP contribution in [0, 0.1) is 0 Å². The normalized spacial score (nSPS) is 18.1. The number of nitrogens with zero attached hydrogens (tertiary/aromatic N) is 1. The predicted octanol–water partition coefficient (Wildman–Crippen LogP) is 4.80. The molecular weight excluding hydrogens is 396 g/mol. The molecule has 1 aliphatic heterocycles. The number of ether oxygens (including phenoxy) is 1. The lowest BCUT2D eigenvalue weighted by Gasteiger charge is -2.35. The minimum absolute atomic E-state index is 0.00271. The average molecular weight is 419 g/mol. The maximum Gasteiger partial charge on any atom is 0.265 e. The van der Waals surface area contributed by atoms with E-state index in [1.54, 1.807) is 6.07 Å². The Morgan fingerprint density at radius 1 is 1.10 bits per heavy atom. The molecule has 30 heavy (non-hydrogen) atoms. The summed E-state index contributed by atoms with van der Waals surface area (Å²) in [5.41, 5.74) is 4.17. The van der Waals surface area contributed by atoms with Crippen LogP contribution in [-0.2, 0) is 17.8 Å². The summed E-state index contributed by atoms with van der Waals surface area (Å²) in [4.78, 5) is 28.0. The van der Waals surface area contributed by atoms with E-state index in [4.69, 9.17) is 4.74 Å². The lowest BCUT2D eigenvalue weighted by atomic mass is 9.86. The lowest BCUT2D eigenvalue weighted by molar-refractivity contribution is -0.136. The Balaban J connectivity index is 1.43. The molecule has 152 valence electrons. The number of benzene rings is 2. The van der Waals surface area contributed by atoms with Gasteiger partial charge in [0.05, 0.1) is 17.5 Å². The van der Waals surface area contributed by atoms with Gasteiger partial charge in [-0.3, -0.25) is 9.59 Å². The van der Waals surface area contributed by atoms with Crippen LogP contribution in [0.25, 0.3) is 0 Å². The average Bonchev–Trinajstić information content (AvgIpc) is 3.26. The summed E-state index contributed by atoms with van der Waals surface area (Å²) in [7, 11) is 0. The lowest BCUT2D eigenvalue weighted by Crippen LogP contribution is -2.37. The molecule has 5 nitrogen and oxygen atoms in total. The van der Waals surface area contributed by atoms with E-state index in [1.807, 2.05) is 40.6 Å². The smallest absolute Gasteiger partial charge is 0.265 e. The van der Waals surface area contributed by atoms with Crippen molar-refractivity contribution >= 4 is 28.8 Å². The molecule has 1 unspecified atom stereocenters. The zero-order valence-corrected chi connectivity index (χ0v) is 17.3. The van der Waals surface area contributed by atoms with Crippen LogP contribution >= 0.6 is 11.3 Å². The van der Waals surface area contributed by atoms with Crippen molar-refractivity contribution in [3.05, 3.63) is 81.5 Å². The molecule has 2 aliphatic rings. The van der Waals surface area contributed by atoms with E-state index >= 15 is 0 Å². The molecule has 2 aromatic carbocycles. The second-order valence-electron chi connectivity index (χ2n) is 7.67. The van der Waals surface area contributed by atoms with Crippen molar-refractivity contribution in [3.8, 4) is 5.75 Å². The summed E-state index contributed by atoms with van der Waals surface area (Å²) < 4.78 is 5.80. The molecule has 1 atom stereocenters. The zero-order valence-electron chi connectivity index (χ0n) is 16.5. The van der Waals surface area contributed by atoms with E-state index in [1.165, 1.54) is 22.5 Å². The fourth-order valence-electron chi connectivity index (χ4n) is 4.35. The van der Waals surface area contributed by atoms with Gasteiger partial charge in [0.15, 0.2) is 6.61 Å². The van der Waals surface area contributed by atoms with Gasteiger partial charge in [-0.2, -0.15) is 0 Å². The van der Waals surface area contributed by atoms with Gasteiger partial charge in [-0.15, -0.1) is 11.3 Å². The number of carbonyl (C=O) groups is 2. The second-order valence-corrected chi connectivity index (χ2v) is 8.62. The van der Waals surface area contributed by atoms with E-state index in [9.17, 15) is 9.59 Å². The van der Waals surface area contributed by atoms with Crippen LogP contribution in [0.3, 0.4) is 0 Å². The number of hydrogen-bond acceptors (Lipinski definition) is 4. The molecule has 5 rings (SSSR count). The Hall–Kier alpha value is -3.12. The summed E-state index contributed by atoms with van der Waals surface area (Å²) in [5, 5.41) is 4.83. The van der Waals surface area contributed by atoms with E-state index < -0.39 is 0 Å². The molecular formula is C24H22N2O3S. The van der Waals surface area contributed by atoms with Gasteiger partial charge in [0.2, 0.25) is 0 Å². The predicted molar refractivity (Wildman–Crippen MR) is 117 cm³/mol.